The maximum Gasteiger partial charge on any atom is 0.277 e. The van der Waals surface area contributed by atoms with Gasteiger partial charge < -0.3 is 9.72 Å². The number of nitrogens with zero attached hydrogens (tertiary/aromatic N) is 2. The van der Waals surface area contributed by atoms with Crippen LogP contribution >= 0.6 is 0 Å². The summed E-state index contributed by atoms with van der Waals surface area (Å²) >= 11 is 0. The fourth-order valence-electron chi connectivity index (χ4n) is 3.07. The van der Waals surface area contributed by atoms with Gasteiger partial charge >= 0.3 is 0 Å². The van der Waals surface area contributed by atoms with Crippen molar-refractivity contribution in [2.75, 3.05) is 7.11 Å². The Labute approximate surface area is 142 Å². The molecule has 0 aliphatic heterocycles. The highest BCUT2D eigenvalue weighted by atomic mass is 19.1. The fraction of sp³-hybridized carbons (Fsp3) is 0.158. The molecule has 0 unspecified atom stereocenters. The Hall–Kier alpha value is -3.15. The van der Waals surface area contributed by atoms with Crippen molar-refractivity contribution >= 4 is 21.9 Å². The first-order valence-corrected chi connectivity index (χ1v) is 7.95. The lowest BCUT2D eigenvalue weighted by atomic mass is 10.1. The second-order valence-electron chi connectivity index (χ2n) is 5.84. The zero-order chi connectivity index (χ0) is 17.4. The minimum atomic E-state index is -0.351. The molecule has 0 radical (unpaired) electrons. The number of para-hydroxylation sites is 1. The second kappa shape index (κ2) is 6.05. The average Bonchev–Trinajstić information content (AvgIpc) is 3.00. The molecule has 25 heavy (non-hydrogen) atoms. The van der Waals surface area contributed by atoms with Gasteiger partial charge in [-0.25, -0.2) is 9.37 Å². The minimum absolute atomic E-state index is 0.170. The molecule has 4 rings (SSSR count). The minimum Gasteiger partial charge on any atom is -0.496 e. The number of benzene rings is 2. The van der Waals surface area contributed by atoms with Gasteiger partial charge in [0.05, 0.1) is 13.4 Å². The van der Waals surface area contributed by atoms with E-state index in [1.54, 1.807) is 17.7 Å². The average molecular weight is 337 g/mol. The Bertz CT molecular complexity index is 1130. The molecule has 2 aromatic carbocycles. The number of ether oxygens (including phenoxy) is 1. The Morgan fingerprint density at radius 3 is 2.92 bits per heavy atom. The van der Waals surface area contributed by atoms with Gasteiger partial charge in [0.15, 0.2) is 0 Å². The first-order chi connectivity index (χ1) is 12.2. The smallest absolute Gasteiger partial charge is 0.277 e. The third kappa shape index (κ3) is 2.65. The summed E-state index contributed by atoms with van der Waals surface area (Å²) in [7, 11) is 1.63. The molecule has 0 spiro atoms. The summed E-state index contributed by atoms with van der Waals surface area (Å²) in [6, 6.07) is 12.1. The lowest BCUT2D eigenvalue weighted by molar-refractivity contribution is 0.408. The monoisotopic (exact) mass is 337 g/mol. The molecule has 0 saturated heterocycles. The molecule has 1 N–H and O–H groups in total. The first-order valence-electron chi connectivity index (χ1n) is 7.95. The lowest BCUT2D eigenvalue weighted by Gasteiger charge is -2.09. The third-order valence-corrected chi connectivity index (χ3v) is 4.35. The zero-order valence-electron chi connectivity index (χ0n) is 13.6. The van der Waals surface area contributed by atoms with Gasteiger partial charge in [0.2, 0.25) is 0 Å². The Morgan fingerprint density at radius 1 is 1.24 bits per heavy atom. The van der Waals surface area contributed by atoms with Crippen LogP contribution in [-0.2, 0) is 13.0 Å². The van der Waals surface area contributed by atoms with Gasteiger partial charge in [-0.05, 0) is 36.2 Å². The molecule has 126 valence electrons. The maximum atomic E-state index is 13.5. The van der Waals surface area contributed by atoms with Crippen LogP contribution in [0.4, 0.5) is 4.39 Å². The van der Waals surface area contributed by atoms with Crippen LogP contribution < -0.4 is 10.3 Å². The quantitative estimate of drug-likeness (QED) is 0.622. The van der Waals surface area contributed by atoms with Crippen LogP contribution in [0.2, 0.25) is 0 Å². The molecule has 0 atom stereocenters. The van der Waals surface area contributed by atoms with Crippen LogP contribution in [0.3, 0.4) is 0 Å². The van der Waals surface area contributed by atoms with Crippen molar-refractivity contribution in [3.05, 3.63) is 70.5 Å². The highest BCUT2D eigenvalue weighted by molar-refractivity contribution is 6.04. The number of hydrogen-bond donors (Lipinski definition) is 1. The molecule has 6 heteroatoms. The topological polar surface area (TPSA) is 59.9 Å². The van der Waals surface area contributed by atoms with Crippen LogP contribution in [0.1, 0.15) is 5.56 Å². The summed E-state index contributed by atoms with van der Waals surface area (Å²) in [6.45, 7) is 0.478. The molecule has 5 nitrogen and oxygen atoms in total. The summed E-state index contributed by atoms with van der Waals surface area (Å²) in [6.07, 6.45) is 2.16. The molecule has 0 fully saturated rings. The van der Waals surface area contributed by atoms with Crippen molar-refractivity contribution in [3.8, 4) is 5.75 Å². The van der Waals surface area contributed by atoms with Gasteiger partial charge in [0.1, 0.15) is 22.6 Å². The molecular formula is C19H16FN3O2. The Balaban J connectivity index is 1.72. The van der Waals surface area contributed by atoms with E-state index in [1.165, 1.54) is 18.5 Å². The van der Waals surface area contributed by atoms with Crippen LogP contribution in [0.25, 0.3) is 21.9 Å². The van der Waals surface area contributed by atoms with Crippen molar-refractivity contribution < 1.29 is 9.13 Å². The van der Waals surface area contributed by atoms with Gasteiger partial charge in [0.25, 0.3) is 5.56 Å². The van der Waals surface area contributed by atoms with Gasteiger partial charge in [-0.15, -0.1) is 0 Å². The maximum absolute atomic E-state index is 13.5. The molecular weight excluding hydrogens is 321 g/mol. The summed E-state index contributed by atoms with van der Waals surface area (Å²) < 4.78 is 20.4. The number of hydrogen-bond acceptors (Lipinski definition) is 3. The number of nitrogens with one attached hydrogen (secondary N) is 1. The molecule has 2 heterocycles. The van der Waals surface area contributed by atoms with E-state index in [4.69, 9.17) is 4.74 Å². The van der Waals surface area contributed by atoms with Crippen LogP contribution in [0, 0.1) is 5.82 Å². The number of halogens is 1. The van der Waals surface area contributed by atoms with Crippen molar-refractivity contribution in [2.24, 2.45) is 0 Å². The van der Waals surface area contributed by atoms with Crippen LogP contribution in [0.5, 0.6) is 5.75 Å². The third-order valence-electron chi connectivity index (χ3n) is 4.35. The number of aromatic nitrogens is 3. The molecule has 0 aliphatic carbocycles. The van der Waals surface area contributed by atoms with Gasteiger partial charge in [0, 0.05) is 17.4 Å². The number of aryl methyl sites for hydroxylation is 2. The number of methoxy groups -OCH3 is 1. The molecule has 0 saturated carbocycles. The van der Waals surface area contributed by atoms with E-state index < -0.39 is 0 Å². The molecule has 0 amide bonds. The van der Waals surface area contributed by atoms with Crippen molar-refractivity contribution in [2.45, 2.75) is 13.0 Å². The molecule has 0 aliphatic rings. The predicted octanol–water partition coefficient (Wildman–Crippen LogP) is 3.27. The van der Waals surface area contributed by atoms with E-state index in [2.05, 4.69) is 9.97 Å². The van der Waals surface area contributed by atoms with Gasteiger partial charge in [-0.2, -0.15) is 0 Å². The molecule has 0 bridgehead atoms. The summed E-state index contributed by atoms with van der Waals surface area (Å²) in [4.78, 5) is 20.1. The SMILES string of the molecule is COc1ccccc1CCn1cnc2c([nH]c3ccc(F)cc32)c1=O. The molecule has 4 aromatic rings. The van der Waals surface area contributed by atoms with Crippen molar-refractivity contribution in [1.29, 1.82) is 0 Å². The number of rotatable bonds is 4. The van der Waals surface area contributed by atoms with Crippen LogP contribution in [0.15, 0.2) is 53.6 Å². The Morgan fingerprint density at radius 2 is 2.08 bits per heavy atom. The second-order valence-corrected chi connectivity index (χ2v) is 5.84. The van der Waals surface area contributed by atoms with E-state index >= 15 is 0 Å². The normalized spacial score (nSPS) is 11.3. The largest absolute Gasteiger partial charge is 0.496 e. The van der Waals surface area contributed by atoms with Crippen LogP contribution in [-0.4, -0.2) is 21.6 Å². The standard InChI is InChI=1S/C19H16FN3O2/c1-25-16-5-3-2-4-12(16)8-9-23-11-21-17-14-10-13(20)6-7-15(14)22-18(17)19(23)24/h2-7,10-11,22H,8-9H2,1H3. The van der Waals surface area contributed by atoms with Crippen molar-refractivity contribution in [1.82, 2.24) is 14.5 Å². The van der Waals surface area contributed by atoms with E-state index in [0.29, 0.717) is 34.9 Å². The predicted molar refractivity (Wildman–Crippen MR) is 94.5 cm³/mol. The summed E-state index contributed by atoms with van der Waals surface area (Å²) in [5, 5.41) is 0.615. The van der Waals surface area contributed by atoms with E-state index in [9.17, 15) is 9.18 Å². The summed E-state index contributed by atoms with van der Waals surface area (Å²) in [5.74, 6) is 0.446. The first kappa shape index (κ1) is 15.4. The van der Waals surface area contributed by atoms with Crippen molar-refractivity contribution in [3.63, 3.8) is 0 Å². The number of H-pyrrole nitrogens is 1. The van der Waals surface area contributed by atoms with E-state index in [-0.39, 0.29) is 11.4 Å². The van der Waals surface area contributed by atoms with E-state index in [0.717, 1.165) is 11.3 Å². The Kier molecular flexibility index (Phi) is 3.72. The number of aromatic amines is 1. The number of fused-ring (bicyclic) bond motifs is 3. The summed E-state index contributed by atoms with van der Waals surface area (Å²) in [5.41, 5.74) is 2.44. The molecule has 2 aromatic heterocycles. The fourth-order valence-corrected chi connectivity index (χ4v) is 3.07. The lowest BCUT2D eigenvalue weighted by Crippen LogP contribution is -2.21. The van der Waals surface area contributed by atoms with Gasteiger partial charge in [-0.3, -0.25) is 9.36 Å². The highest BCUT2D eigenvalue weighted by Gasteiger charge is 2.12. The van der Waals surface area contributed by atoms with E-state index in [1.807, 2.05) is 24.3 Å². The zero-order valence-corrected chi connectivity index (χ0v) is 13.6. The van der Waals surface area contributed by atoms with Gasteiger partial charge in [-0.1, -0.05) is 18.2 Å². The highest BCUT2D eigenvalue weighted by Crippen LogP contribution is 2.22.